The van der Waals surface area contributed by atoms with Crippen molar-refractivity contribution in [1.82, 2.24) is 0 Å². The SMILES string of the molecule is Cc1ccccc1NC(=O)COc1csc(C(=O)O)c1. The highest BCUT2D eigenvalue weighted by molar-refractivity contribution is 7.12. The molecule has 1 amide bonds. The Bertz CT molecular complexity index is 636. The van der Waals surface area contributed by atoms with Crippen LogP contribution in [-0.2, 0) is 4.79 Å². The second-order valence-electron chi connectivity index (χ2n) is 4.10. The number of ether oxygens (including phenoxy) is 1. The number of benzene rings is 1. The quantitative estimate of drug-likeness (QED) is 0.888. The fraction of sp³-hybridized carbons (Fsp3) is 0.143. The van der Waals surface area contributed by atoms with E-state index in [0.717, 1.165) is 22.6 Å². The van der Waals surface area contributed by atoms with Crippen LogP contribution in [0.3, 0.4) is 0 Å². The molecule has 104 valence electrons. The first-order valence-electron chi connectivity index (χ1n) is 5.86. The molecular formula is C14H13NO4S. The van der Waals surface area contributed by atoms with Crippen LogP contribution in [0.4, 0.5) is 5.69 Å². The first-order chi connectivity index (χ1) is 9.56. The van der Waals surface area contributed by atoms with E-state index in [1.54, 1.807) is 11.4 Å². The zero-order valence-electron chi connectivity index (χ0n) is 10.8. The standard InChI is InChI=1S/C14H13NO4S/c1-9-4-2-3-5-11(9)15-13(16)7-19-10-6-12(14(17)18)20-8-10/h2-6,8H,7H2,1H3,(H,15,16)(H,17,18). The van der Waals surface area contributed by atoms with Crippen LogP contribution < -0.4 is 10.1 Å². The van der Waals surface area contributed by atoms with E-state index in [9.17, 15) is 9.59 Å². The molecule has 6 heteroatoms. The summed E-state index contributed by atoms with van der Waals surface area (Å²) in [5.74, 6) is -0.913. The van der Waals surface area contributed by atoms with Gasteiger partial charge in [0.25, 0.3) is 5.91 Å². The first-order valence-corrected chi connectivity index (χ1v) is 6.74. The fourth-order valence-corrected chi connectivity index (χ4v) is 2.22. The van der Waals surface area contributed by atoms with E-state index in [1.807, 2.05) is 25.1 Å². The highest BCUT2D eigenvalue weighted by Crippen LogP contribution is 2.21. The van der Waals surface area contributed by atoms with Crippen LogP contribution in [0, 0.1) is 6.92 Å². The van der Waals surface area contributed by atoms with Crippen molar-refractivity contribution in [3.63, 3.8) is 0 Å². The number of carboxylic acids is 1. The van der Waals surface area contributed by atoms with Gasteiger partial charge in [-0.25, -0.2) is 4.79 Å². The summed E-state index contributed by atoms with van der Waals surface area (Å²) in [5.41, 5.74) is 1.70. The molecule has 5 nitrogen and oxygen atoms in total. The second-order valence-corrected chi connectivity index (χ2v) is 5.01. The third kappa shape index (κ3) is 3.58. The molecule has 0 saturated carbocycles. The molecule has 2 aromatic rings. The number of carbonyl (C=O) groups is 2. The topological polar surface area (TPSA) is 75.6 Å². The highest BCUT2D eigenvalue weighted by atomic mass is 32.1. The summed E-state index contributed by atoms with van der Waals surface area (Å²) in [6.45, 7) is 1.73. The minimum Gasteiger partial charge on any atom is -0.483 e. The Morgan fingerprint density at radius 2 is 2.10 bits per heavy atom. The molecule has 0 radical (unpaired) electrons. The number of hydrogen-bond donors (Lipinski definition) is 2. The average molecular weight is 291 g/mol. The van der Waals surface area contributed by atoms with Gasteiger partial charge in [-0.05, 0) is 18.6 Å². The third-order valence-electron chi connectivity index (χ3n) is 2.58. The number of nitrogens with one attached hydrogen (secondary N) is 1. The van der Waals surface area contributed by atoms with Crippen molar-refractivity contribution >= 4 is 28.9 Å². The van der Waals surface area contributed by atoms with Crippen molar-refractivity contribution in [1.29, 1.82) is 0 Å². The number of thiophene rings is 1. The molecule has 1 heterocycles. The number of amides is 1. The summed E-state index contributed by atoms with van der Waals surface area (Å²) in [6, 6.07) is 8.82. The number of hydrogen-bond acceptors (Lipinski definition) is 4. The zero-order valence-corrected chi connectivity index (χ0v) is 11.6. The maximum Gasteiger partial charge on any atom is 0.346 e. The van der Waals surface area contributed by atoms with Crippen LogP contribution in [0.2, 0.25) is 0 Å². The van der Waals surface area contributed by atoms with Crippen molar-refractivity contribution in [2.24, 2.45) is 0 Å². The van der Waals surface area contributed by atoms with Crippen LogP contribution in [0.1, 0.15) is 15.2 Å². The zero-order chi connectivity index (χ0) is 14.5. The van der Waals surface area contributed by atoms with Crippen molar-refractivity contribution in [2.75, 3.05) is 11.9 Å². The molecule has 1 aromatic heterocycles. The lowest BCUT2D eigenvalue weighted by atomic mass is 10.2. The van der Waals surface area contributed by atoms with E-state index in [2.05, 4.69) is 5.32 Å². The van der Waals surface area contributed by atoms with Gasteiger partial charge in [0.05, 0.1) is 0 Å². The van der Waals surface area contributed by atoms with E-state index in [4.69, 9.17) is 9.84 Å². The molecule has 2 rings (SSSR count). The Balaban J connectivity index is 1.89. The van der Waals surface area contributed by atoms with Gasteiger partial charge in [-0.1, -0.05) is 18.2 Å². The van der Waals surface area contributed by atoms with Gasteiger partial charge >= 0.3 is 5.97 Å². The molecule has 0 fully saturated rings. The molecule has 0 saturated heterocycles. The summed E-state index contributed by atoms with van der Waals surface area (Å²) in [7, 11) is 0. The number of anilines is 1. The van der Waals surface area contributed by atoms with Crippen molar-refractivity contribution in [3.05, 3.63) is 46.2 Å². The largest absolute Gasteiger partial charge is 0.483 e. The minimum absolute atomic E-state index is 0.163. The molecule has 0 aliphatic carbocycles. The number of aromatic carboxylic acids is 1. The molecule has 20 heavy (non-hydrogen) atoms. The van der Waals surface area contributed by atoms with E-state index < -0.39 is 5.97 Å². The van der Waals surface area contributed by atoms with Gasteiger partial charge < -0.3 is 15.2 Å². The molecule has 0 unspecified atom stereocenters. The summed E-state index contributed by atoms with van der Waals surface area (Å²) in [6.07, 6.45) is 0. The number of rotatable bonds is 5. The number of carbonyl (C=O) groups excluding carboxylic acids is 1. The lowest BCUT2D eigenvalue weighted by Crippen LogP contribution is -2.20. The van der Waals surface area contributed by atoms with E-state index in [1.165, 1.54) is 6.07 Å². The summed E-state index contributed by atoms with van der Waals surface area (Å²) < 4.78 is 5.25. The predicted octanol–water partition coefficient (Wildman–Crippen LogP) is 2.77. The highest BCUT2D eigenvalue weighted by Gasteiger charge is 2.09. The third-order valence-corrected chi connectivity index (χ3v) is 3.47. The predicted molar refractivity (Wildman–Crippen MR) is 76.6 cm³/mol. The van der Waals surface area contributed by atoms with Crippen LogP contribution in [0.25, 0.3) is 0 Å². The van der Waals surface area contributed by atoms with E-state index in [0.29, 0.717) is 5.75 Å². The summed E-state index contributed by atoms with van der Waals surface area (Å²) in [4.78, 5) is 22.6. The smallest absolute Gasteiger partial charge is 0.346 e. The minimum atomic E-state index is -1.01. The lowest BCUT2D eigenvalue weighted by Gasteiger charge is -2.08. The molecule has 0 bridgehead atoms. The number of para-hydroxylation sites is 1. The number of carboxylic acid groups (broad SMARTS) is 1. The van der Waals surface area contributed by atoms with Gasteiger partial charge in [0.15, 0.2) is 6.61 Å². The van der Waals surface area contributed by atoms with Crippen molar-refractivity contribution in [2.45, 2.75) is 6.92 Å². The van der Waals surface area contributed by atoms with Crippen LogP contribution in [0.5, 0.6) is 5.75 Å². The Morgan fingerprint density at radius 3 is 2.75 bits per heavy atom. The van der Waals surface area contributed by atoms with Crippen LogP contribution >= 0.6 is 11.3 Å². The monoisotopic (exact) mass is 291 g/mol. The average Bonchev–Trinajstić information content (AvgIpc) is 2.88. The fourth-order valence-electron chi connectivity index (χ4n) is 1.55. The summed E-state index contributed by atoms with van der Waals surface area (Å²) in [5, 5.41) is 13.1. The Morgan fingerprint density at radius 1 is 1.35 bits per heavy atom. The Kier molecular flexibility index (Phi) is 4.37. The Labute approximate surface area is 119 Å². The molecular weight excluding hydrogens is 278 g/mol. The molecule has 1 aromatic carbocycles. The van der Waals surface area contributed by atoms with Crippen LogP contribution in [-0.4, -0.2) is 23.6 Å². The van der Waals surface area contributed by atoms with E-state index in [-0.39, 0.29) is 17.4 Å². The summed E-state index contributed by atoms with van der Waals surface area (Å²) >= 11 is 1.06. The van der Waals surface area contributed by atoms with Gasteiger partial charge in [-0.15, -0.1) is 11.3 Å². The second kappa shape index (κ2) is 6.21. The van der Waals surface area contributed by atoms with Crippen molar-refractivity contribution in [3.8, 4) is 5.75 Å². The van der Waals surface area contributed by atoms with Gasteiger partial charge in [0.1, 0.15) is 10.6 Å². The first kappa shape index (κ1) is 14.1. The maximum absolute atomic E-state index is 11.7. The maximum atomic E-state index is 11.7. The van der Waals surface area contributed by atoms with Gasteiger partial charge in [-0.3, -0.25) is 4.79 Å². The number of aryl methyl sites for hydroxylation is 1. The molecule has 0 aliphatic rings. The van der Waals surface area contributed by atoms with Gasteiger partial charge in [0, 0.05) is 17.1 Å². The molecule has 0 aliphatic heterocycles. The lowest BCUT2D eigenvalue weighted by molar-refractivity contribution is -0.118. The van der Waals surface area contributed by atoms with Gasteiger partial charge in [-0.2, -0.15) is 0 Å². The molecule has 2 N–H and O–H groups in total. The van der Waals surface area contributed by atoms with Gasteiger partial charge in [0.2, 0.25) is 0 Å². The molecule has 0 spiro atoms. The molecule has 0 atom stereocenters. The normalized spacial score (nSPS) is 10.1. The van der Waals surface area contributed by atoms with E-state index >= 15 is 0 Å². The van der Waals surface area contributed by atoms with Crippen molar-refractivity contribution < 1.29 is 19.4 Å². The van der Waals surface area contributed by atoms with Crippen LogP contribution in [0.15, 0.2) is 35.7 Å². The Hall–Kier alpha value is -2.34.